The van der Waals surface area contributed by atoms with E-state index in [-0.39, 0.29) is 0 Å². The summed E-state index contributed by atoms with van der Waals surface area (Å²) in [7, 11) is -1.58. The van der Waals surface area contributed by atoms with Crippen molar-refractivity contribution in [2.45, 2.75) is 24.7 Å². The zero-order chi connectivity index (χ0) is 16.4. The average Bonchev–Trinajstić information content (AvgIpc) is 2.56. The van der Waals surface area contributed by atoms with Crippen molar-refractivity contribution in [3.8, 4) is 0 Å². The highest BCUT2D eigenvalue weighted by molar-refractivity contribution is 7.89. The molecule has 2 heterocycles. The van der Waals surface area contributed by atoms with Crippen molar-refractivity contribution >= 4 is 20.9 Å². The lowest BCUT2D eigenvalue weighted by molar-refractivity contribution is 0.263. The number of sulfonamides is 1. The smallest absolute Gasteiger partial charge is 0.243 e. The zero-order valence-electron chi connectivity index (χ0n) is 13.6. The monoisotopic (exact) mass is 333 g/mol. The molecule has 1 aromatic carbocycles. The molecule has 1 aliphatic heterocycles. The van der Waals surface area contributed by atoms with Crippen LogP contribution in [0.15, 0.2) is 35.4 Å². The molecule has 1 N–H and O–H groups in total. The van der Waals surface area contributed by atoms with Gasteiger partial charge in [-0.15, -0.1) is 0 Å². The van der Waals surface area contributed by atoms with Gasteiger partial charge in [-0.2, -0.15) is 4.31 Å². The van der Waals surface area contributed by atoms with Gasteiger partial charge < -0.3 is 5.32 Å². The minimum Gasteiger partial charge on any atom is -0.319 e. The second-order valence-corrected chi connectivity index (χ2v) is 8.12. The first-order valence-electron chi connectivity index (χ1n) is 8.03. The number of fused-ring (bicyclic) bond motifs is 1. The van der Waals surface area contributed by atoms with E-state index in [1.54, 1.807) is 22.6 Å². The fraction of sp³-hybridized carbons (Fsp3) is 0.471. The summed E-state index contributed by atoms with van der Waals surface area (Å²) in [6.45, 7) is 3.98. The van der Waals surface area contributed by atoms with E-state index >= 15 is 0 Å². The topological polar surface area (TPSA) is 62.3 Å². The highest BCUT2D eigenvalue weighted by Crippen LogP contribution is 2.29. The largest absolute Gasteiger partial charge is 0.319 e. The van der Waals surface area contributed by atoms with Crippen molar-refractivity contribution in [1.29, 1.82) is 0 Å². The summed E-state index contributed by atoms with van der Waals surface area (Å²) in [5, 5.41) is 3.87. The maximum atomic E-state index is 13.1. The number of pyridine rings is 1. The third-order valence-electron chi connectivity index (χ3n) is 4.52. The summed E-state index contributed by atoms with van der Waals surface area (Å²) >= 11 is 0. The van der Waals surface area contributed by atoms with Gasteiger partial charge in [-0.3, -0.25) is 4.98 Å². The molecule has 0 unspecified atom stereocenters. The first-order valence-corrected chi connectivity index (χ1v) is 9.47. The van der Waals surface area contributed by atoms with Crippen LogP contribution >= 0.6 is 0 Å². The van der Waals surface area contributed by atoms with Crippen LogP contribution in [0.4, 0.5) is 0 Å². The van der Waals surface area contributed by atoms with Crippen LogP contribution in [-0.2, 0) is 10.0 Å². The molecule has 0 bridgehead atoms. The van der Waals surface area contributed by atoms with Gasteiger partial charge >= 0.3 is 0 Å². The summed E-state index contributed by atoms with van der Waals surface area (Å²) in [5.74, 6) is 0.373. The Morgan fingerprint density at radius 3 is 2.96 bits per heavy atom. The normalized spacial score (nSPS) is 20.0. The highest BCUT2D eigenvalue weighted by Gasteiger charge is 2.31. The minimum absolute atomic E-state index is 0.372. The lowest BCUT2D eigenvalue weighted by Gasteiger charge is -2.32. The summed E-state index contributed by atoms with van der Waals surface area (Å²) in [5.41, 5.74) is 1.75. The van der Waals surface area contributed by atoms with Crippen LogP contribution in [0.25, 0.3) is 10.9 Å². The van der Waals surface area contributed by atoms with E-state index in [0.29, 0.717) is 29.3 Å². The van der Waals surface area contributed by atoms with Gasteiger partial charge in [0.1, 0.15) is 0 Å². The van der Waals surface area contributed by atoms with E-state index < -0.39 is 10.0 Å². The lowest BCUT2D eigenvalue weighted by atomic mass is 10.00. The van der Waals surface area contributed by atoms with Gasteiger partial charge in [0.15, 0.2) is 0 Å². The Morgan fingerprint density at radius 1 is 1.35 bits per heavy atom. The van der Waals surface area contributed by atoms with E-state index in [2.05, 4.69) is 10.3 Å². The maximum Gasteiger partial charge on any atom is 0.243 e. The number of benzene rings is 1. The van der Waals surface area contributed by atoms with Crippen molar-refractivity contribution in [3.63, 3.8) is 0 Å². The molecule has 1 aromatic heterocycles. The van der Waals surface area contributed by atoms with Gasteiger partial charge in [0, 0.05) is 24.7 Å². The molecule has 6 heteroatoms. The Balaban J connectivity index is 2.02. The van der Waals surface area contributed by atoms with Gasteiger partial charge in [0.05, 0.1) is 10.4 Å². The summed E-state index contributed by atoms with van der Waals surface area (Å²) in [6, 6.07) is 7.20. The molecule has 3 rings (SSSR count). The van der Waals surface area contributed by atoms with Crippen LogP contribution in [0.2, 0.25) is 0 Å². The third-order valence-corrected chi connectivity index (χ3v) is 6.45. The number of nitrogens with zero attached hydrogens (tertiary/aromatic N) is 2. The predicted molar refractivity (Wildman–Crippen MR) is 91.9 cm³/mol. The Labute approximate surface area is 137 Å². The van der Waals surface area contributed by atoms with Gasteiger partial charge in [0.25, 0.3) is 0 Å². The number of aryl methyl sites for hydroxylation is 1. The number of aromatic nitrogens is 1. The molecule has 5 nitrogen and oxygen atoms in total. The summed E-state index contributed by atoms with van der Waals surface area (Å²) in [4.78, 5) is 4.72. The summed E-state index contributed by atoms with van der Waals surface area (Å²) < 4.78 is 27.9. The first-order chi connectivity index (χ1) is 11.0. The van der Waals surface area contributed by atoms with Gasteiger partial charge in [0.2, 0.25) is 10.0 Å². The number of hydrogen-bond donors (Lipinski definition) is 1. The molecular formula is C17H23N3O2S. The molecule has 1 fully saturated rings. The van der Waals surface area contributed by atoms with Crippen LogP contribution in [0.3, 0.4) is 0 Å². The fourth-order valence-electron chi connectivity index (χ4n) is 3.35. The van der Waals surface area contributed by atoms with Crippen molar-refractivity contribution < 1.29 is 8.42 Å². The number of piperidine rings is 1. The SMILES string of the molecule is CNC[C@H]1CCCN(S(=O)(=O)c2ccc(C)c3ncccc23)C1. The molecule has 2 aromatic rings. The highest BCUT2D eigenvalue weighted by atomic mass is 32.2. The van der Waals surface area contributed by atoms with Crippen LogP contribution in [-0.4, -0.2) is 44.4 Å². The van der Waals surface area contributed by atoms with Crippen molar-refractivity contribution in [2.75, 3.05) is 26.7 Å². The number of hydrogen-bond acceptors (Lipinski definition) is 4. The van der Waals surface area contributed by atoms with E-state index in [0.717, 1.165) is 30.5 Å². The van der Waals surface area contributed by atoms with Gasteiger partial charge in [-0.25, -0.2) is 8.42 Å². The third kappa shape index (κ3) is 3.11. The van der Waals surface area contributed by atoms with Crippen LogP contribution in [0.5, 0.6) is 0 Å². The molecule has 0 saturated carbocycles. The lowest BCUT2D eigenvalue weighted by Crippen LogP contribution is -2.42. The standard InChI is InChI=1S/C17H23N3O2S/c1-13-7-8-16(15-6-3-9-19-17(13)15)23(21,22)20-10-4-5-14(12-20)11-18-2/h3,6-9,14,18H,4-5,10-12H2,1-2H3/t14-/m1/s1. The van der Waals surface area contributed by atoms with E-state index in [9.17, 15) is 8.42 Å². The molecule has 124 valence electrons. The molecule has 1 atom stereocenters. The molecule has 0 radical (unpaired) electrons. The Morgan fingerprint density at radius 2 is 2.17 bits per heavy atom. The molecule has 23 heavy (non-hydrogen) atoms. The molecule has 0 aliphatic carbocycles. The van der Waals surface area contributed by atoms with Crippen LogP contribution in [0, 0.1) is 12.8 Å². The Kier molecular flexibility index (Phi) is 4.66. The second kappa shape index (κ2) is 6.55. The molecule has 1 saturated heterocycles. The van der Waals surface area contributed by atoms with E-state index in [1.807, 2.05) is 26.1 Å². The Hall–Kier alpha value is -1.50. The van der Waals surface area contributed by atoms with E-state index in [1.165, 1.54) is 0 Å². The zero-order valence-corrected chi connectivity index (χ0v) is 14.4. The quantitative estimate of drug-likeness (QED) is 0.931. The molecular weight excluding hydrogens is 310 g/mol. The molecule has 0 spiro atoms. The van der Waals surface area contributed by atoms with Crippen LogP contribution < -0.4 is 5.32 Å². The summed E-state index contributed by atoms with van der Waals surface area (Å²) in [6.07, 6.45) is 3.69. The Bertz CT molecular complexity index is 803. The second-order valence-electron chi connectivity index (χ2n) is 6.21. The van der Waals surface area contributed by atoms with Gasteiger partial charge in [-0.1, -0.05) is 6.07 Å². The number of rotatable bonds is 4. The van der Waals surface area contributed by atoms with Crippen molar-refractivity contribution in [3.05, 3.63) is 36.0 Å². The maximum absolute atomic E-state index is 13.1. The minimum atomic E-state index is -3.49. The predicted octanol–water partition coefficient (Wildman–Crippen LogP) is 2.16. The van der Waals surface area contributed by atoms with E-state index in [4.69, 9.17) is 0 Å². The van der Waals surface area contributed by atoms with Crippen LogP contribution in [0.1, 0.15) is 18.4 Å². The first kappa shape index (κ1) is 16.4. The molecule has 1 aliphatic rings. The number of nitrogens with one attached hydrogen (secondary N) is 1. The van der Waals surface area contributed by atoms with Gasteiger partial charge in [-0.05, 0) is 63.0 Å². The molecule has 0 amide bonds. The van der Waals surface area contributed by atoms with Crippen molar-refractivity contribution in [2.24, 2.45) is 5.92 Å². The average molecular weight is 333 g/mol. The fourth-order valence-corrected chi connectivity index (χ4v) is 5.09. The van der Waals surface area contributed by atoms with Crippen molar-refractivity contribution in [1.82, 2.24) is 14.6 Å².